The van der Waals surface area contributed by atoms with Crippen molar-refractivity contribution in [2.45, 2.75) is 12.3 Å². The normalized spacial score (nSPS) is 16.5. The van der Waals surface area contributed by atoms with Gasteiger partial charge in [0.25, 0.3) is 0 Å². The van der Waals surface area contributed by atoms with Crippen LogP contribution >= 0.6 is 0 Å². The Balaban J connectivity index is 1.54. The largest absolute Gasteiger partial charge is 0.435 e. The first-order chi connectivity index (χ1) is 13.4. The molecule has 1 unspecified atom stereocenters. The van der Waals surface area contributed by atoms with Crippen LogP contribution in [0.25, 0.3) is 0 Å². The summed E-state index contributed by atoms with van der Waals surface area (Å²) in [7, 11) is 0. The molecule has 28 heavy (non-hydrogen) atoms. The number of hydrogen-bond donors (Lipinski definition) is 1. The second kappa shape index (κ2) is 8.97. The van der Waals surface area contributed by atoms with Gasteiger partial charge in [-0.3, -0.25) is 10.2 Å². The van der Waals surface area contributed by atoms with Gasteiger partial charge in [-0.2, -0.15) is 13.2 Å². The summed E-state index contributed by atoms with van der Waals surface area (Å²) >= 11 is 0. The number of nitrogens with zero attached hydrogens (tertiary/aromatic N) is 2. The Labute approximate surface area is 161 Å². The van der Waals surface area contributed by atoms with E-state index in [1.165, 1.54) is 0 Å². The number of para-hydroxylation sites is 2. The van der Waals surface area contributed by atoms with Gasteiger partial charge < -0.3 is 9.64 Å². The molecule has 1 aliphatic heterocycles. The van der Waals surface area contributed by atoms with Crippen LogP contribution in [0.3, 0.4) is 0 Å². The molecule has 0 saturated carbocycles. The molecule has 1 N–H and O–H groups in total. The summed E-state index contributed by atoms with van der Waals surface area (Å²) in [5.41, 5.74) is 1.43. The predicted octanol–water partition coefficient (Wildman–Crippen LogP) is 3.99. The van der Waals surface area contributed by atoms with E-state index in [4.69, 9.17) is 4.74 Å². The summed E-state index contributed by atoms with van der Waals surface area (Å²) < 4.78 is 44.8. The van der Waals surface area contributed by atoms with Crippen LogP contribution in [0.5, 0.6) is 0 Å². The van der Waals surface area contributed by atoms with Crippen molar-refractivity contribution in [3.63, 3.8) is 0 Å². The Morgan fingerprint density at radius 3 is 2.11 bits per heavy atom. The van der Waals surface area contributed by atoms with Crippen LogP contribution in [0.1, 0.15) is 0 Å². The van der Waals surface area contributed by atoms with Crippen LogP contribution < -0.4 is 10.2 Å². The average molecular weight is 393 g/mol. The monoisotopic (exact) mass is 393 g/mol. The van der Waals surface area contributed by atoms with E-state index in [-0.39, 0.29) is 6.54 Å². The van der Waals surface area contributed by atoms with E-state index < -0.39 is 18.4 Å². The van der Waals surface area contributed by atoms with Crippen molar-refractivity contribution < 1.29 is 22.7 Å². The first-order valence-electron chi connectivity index (χ1n) is 9.03. The highest BCUT2D eigenvalue weighted by Gasteiger charge is 2.44. The number of anilines is 2. The van der Waals surface area contributed by atoms with E-state index in [0.717, 1.165) is 5.69 Å². The van der Waals surface area contributed by atoms with E-state index >= 15 is 0 Å². The minimum atomic E-state index is -4.63. The van der Waals surface area contributed by atoms with Gasteiger partial charge in [0.2, 0.25) is 6.10 Å². The van der Waals surface area contributed by atoms with Gasteiger partial charge in [-0.05, 0) is 24.3 Å². The summed E-state index contributed by atoms with van der Waals surface area (Å²) in [6.45, 7) is 1.78. The quantitative estimate of drug-likeness (QED) is 0.835. The molecule has 1 atom stereocenters. The van der Waals surface area contributed by atoms with Gasteiger partial charge in [-0.1, -0.05) is 36.4 Å². The highest BCUT2D eigenvalue weighted by molar-refractivity contribution is 5.84. The molecule has 3 rings (SSSR count). The second-order valence-electron chi connectivity index (χ2n) is 6.55. The van der Waals surface area contributed by atoms with Crippen LogP contribution in [0.15, 0.2) is 60.7 Å². The molecule has 0 spiro atoms. The topological polar surface area (TPSA) is 44.8 Å². The van der Waals surface area contributed by atoms with Gasteiger partial charge in [0.1, 0.15) is 0 Å². The van der Waals surface area contributed by atoms with Crippen molar-refractivity contribution in [3.05, 3.63) is 60.7 Å². The zero-order valence-corrected chi connectivity index (χ0v) is 15.2. The molecule has 5 nitrogen and oxygen atoms in total. The van der Waals surface area contributed by atoms with Crippen molar-refractivity contribution in [1.29, 1.82) is 0 Å². The Hall–Kier alpha value is -2.74. The van der Waals surface area contributed by atoms with E-state index in [1.54, 1.807) is 35.2 Å². The minimum Gasteiger partial charge on any atom is -0.435 e. The number of ether oxygens (including phenoxy) is 1. The zero-order valence-electron chi connectivity index (χ0n) is 15.2. The van der Waals surface area contributed by atoms with Crippen molar-refractivity contribution in [3.8, 4) is 0 Å². The molecule has 0 aromatic heterocycles. The van der Waals surface area contributed by atoms with Crippen LogP contribution in [0.4, 0.5) is 29.3 Å². The molecule has 2 aromatic rings. The standard InChI is InChI=1S/C20H22F3N3O2/c21-20(22,23)18(28-19(27)24-16-7-3-1-4-8-16)15-25-11-13-26(14-12-25)17-9-5-2-6-10-17/h1-10,18H,11-15H2,(H,24,27). The summed E-state index contributed by atoms with van der Waals surface area (Å²) in [5.74, 6) is 0. The fourth-order valence-electron chi connectivity index (χ4n) is 3.07. The van der Waals surface area contributed by atoms with Gasteiger partial charge in [-0.15, -0.1) is 0 Å². The molecular formula is C20H22F3N3O2. The first kappa shape index (κ1) is 20.0. The third-order valence-electron chi connectivity index (χ3n) is 4.55. The van der Waals surface area contributed by atoms with Crippen molar-refractivity contribution in [2.24, 2.45) is 0 Å². The number of nitrogens with one attached hydrogen (secondary N) is 1. The van der Waals surface area contributed by atoms with Crippen molar-refractivity contribution in [2.75, 3.05) is 42.9 Å². The number of alkyl halides is 3. The van der Waals surface area contributed by atoms with Crippen LogP contribution in [0, 0.1) is 0 Å². The number of hydrogen-bond acceptors (Lipinski definition) is 4. The predicted molar refractivity (Wildman–Crippen MR) is 101 cm³/mol. The number of benzene rings is 2. The third kappa shape index (κ3) is 5.63. The molecule has 1 saturated heterocycles. The molecule has 8 heteroatoms. The molecular weight excluding hydrogens is 371 g/mol. The lowest BCUT2D eigenvalue weighted by molar-refractivity contribution is -0.206. The average Bonchev–Trinajstić information content (AvgIpc) is 2.69. The number of halogens is 3. The van der Waals surface area contributed by atoms with E-state index in [9.17, 15) is 18.0 Å². The Kier molecular flexibility index (Phi) is 6.41. The minimum absolute atomic E-state index is 0.380. The Bertz CT molecular complexity index is 748. The molecule has 1 amide bonds. The van der Waals surface area contributed by atoms with E-state index in [0.29, 0.717) is 31.9 Å². The molecule has 1 heterocycles. The van der Waals surface area contributed by atoms with Crippen LogP contribution in [-0.4, -0.2) is 56.0 Å². The number of carbonyl (C=O) groups is 1. The van der Waals surface area contributed by atoms with Crippen molar-refractivity contribution in [1.82, 2.24) is 4.90 Å². The molecule has 0 radical (unpaired) electrons. The summed E-state index contributed by atoms with van der Waals surface area (Å²) in [6.07, 6.45) is -7.93. The highest BCUT2D eigenvalue weighted by Crippen LogP contribution is 2.25. The molecule has 2 aromatic carbocycles. The highest BCUT2D eigenvalue weighted by atomic mass is 19.4. The van der Waals surface area contributed by atoms with Gasteiger partial charge in [0, 0.05) is 44.1 Å². The maximum absolute atomic E-state index is 13.4. The number of amides is 1. The molecule has 0 bridgehead atoms. The summed E-state index contributed by atoms with van der Waals surface area (Å²) in [6, 6.07) is 18.0. The number of rotatable bonds is 5. The maximum Gasteiger partial charge on any atom is 0.426 e. The van der Waals surface area contributed by atoms with Crippen molar-refractivity contribution >= 4 is 17.5 Å². The molecule has 150 valence electrons. The number of carbonyl (C=O) groups excluding carboxylic acids is 1. The molecule has 0 aliphatic carbocycles. The maximum atomic E-state index is 13.4. The Morgan fingerprint density at radius 1 is 0.964 bits per heavy atom. The van der Waals surface area contributed by atoms with Gasteiger partial charge in [0.05, 0.1) is 0 Å². The lowest BCUT2D eigenvalue weighted by Crippen LogP contribution is -2.52. The van der Waals surface area contributed by atoms with Gasteiger partial charge in [-0.25, -0.2) is 4.79 Å². The Morgan fingerprint density at radius 2 is 1.54 bits per heavy atom. The summed E-state index contributed by atoms with van der Waals surface area (Å²) in [5, 5.41) is 2.32. The SMILES string of the molecule is O=C(Nc1ccccc1)OC(CN1CCN(c2ccccc2)CC1)C(F)(F)F. The van der Waals surface area contributed by atoms with E-state index in [1.807, 2.05) is 30.3 Å². The summed E-state index contributed by atoms with van der Waals surface area (Å²) in [4.78, 5) is 15.7. The van der Waals surface area contributed by atoms with Crippen LogP contribution in [-0.2, 0) is 4.74 Å². The van der Waals surface area contributed by atoms with Crippen LogP contribution in [0.2, 0.25) is 0 Å². The molecule has 1 aliphatic rings. The smallest absolute Gasteiger partial charge is 0.426 e. The molecule has 1 fully saturated rings. The number of piperazine rings is 1. The third-order valence-corrected chi connectivity index (χ3v) is 4.55. The zero-order chi connectivity index (χ0) is 20.0. The first-order valence-corrected chi connectivity index (χ1v) is 9.03. The van der Waals surface area contributed by atoms with Gasteiger partial charge >= 0.3 is 12.3 Å². The fourth-order valence-corrected chi connectivity index (χ4v) is 3.07. The lowest BCUT2D eigenvalue weighted by Gasteiger charge is -2.37. The van der Waals surface area contributed by atoms with E-state index in [2.05, 4.69) is 10.2 Å². The second-order valence-corrected chi connectivity index (χ2v) is 6.55. The lowest BCUT2D eigenvalue weighted by atomic mass is 10.2. The van der Waals surface area contributed by atoms with Gasteiger partial charge in [0.15, 0.2) is 0 Å². The fraction of sp³-hybridized carbons (Fsp3) is 0.350.